The highest BCUT2D eigenvalue weighted by Crippen LogP contribution is 2.22. The van der Waals surface area contributed by atoms with Crippen LogP contribution in [0.3, 0.4) is 0 Å². The van der Waals surface area contributed by atoms with E-state index in [2.05, 4.69) is 5.10 Å². The molecule has 8 heteroatoms. The summed E-state index contributed by atoms with van der Waals surface area (Å²) < 4.78 is 3.09. The van der Waals surface area contributed by atoms with Crippen molar-refractivity contribution in [3.8, 4) is 0 Å². The van der Waals surface area contributed by atoms with Gasteiger partial charge in [0, 0.05) is 24.0 Å². The Labute approximate surface area is 119 Å². The van der Waals surface area contributed by atoms with Crippen LogP contribution in [0.5, 0.6) is 0 Å². The number of carbonyl (C=O) groups excluding carboxylic acids is 1. The molecule has 0 aromatic carbocycles. The van der Waals surface area contributed by atoms with Gasteiger partial charge in [-0.2, -0.15) is 4.68 Å². The summed E-state index contributed by atoms with van der Waals surface area (Å²) in [6.45, 7) is 3.66. The molecule has 0 saturated carbocycles. The summed E-state index contributed by atoms with van der Waals surface area (Å²) in [4.78, 5) is 22.2. The van der Waals surface area contributed by atoms with Crippen LogP contribution in [0.1, 0.15) is 21.7 Å². The van der Waals surface area contributed by atoms with Crippen molar-refractivity contribution in [3.05, 3.63) is 44.4 Å². The maximum Gasteiger partial charge on any atom is 0.408 e. The number of nitrogens with zero attached hydrogens (tertiary/aromatic N) is 4. The van der Waals surface area contributed by atoms with Crippen LogP contribution in [0.4, 0.5) is 5.82 Å². The lowest BCUT2D eigenvalue weighted by Gasteiger charge is -2.01. The molecule has 0 bridgehead atoms. The quantitative estimate of drug-likeness (QED) is 0.492. The van der Waals surface area contributed by atoms with Crippen LogP contribution < -0.4 is 0 Å². The average molecular weight is 297 g/mol. The molecule has 0 aliphatic rings. The standard InChI is InChI=1S/C12H13ClN4O3/c1-7-4-9(8(2)15(7)3)11(18)6-16-5-10(13)12(14-16)17(19)20/h4-5H,6H2,1-3H3. The van der Waals surface area contributed by atoms with Crippen molar-refractivity contribution in [2.24, 2.45) is 7.05 Å². The average Bonchev–Trinajstić information content (AvgIpc) is 2.85. The monoisotopic (exact) mass is 296 g/mol. The van der Waals surface area contributed by atoms with Gasteiger partial charge in [0.05, 0.1) is 11.3 Å². The van der Waals surface area contributed by atoms with Crippen LogP contribution in [0.15, 0.2) is 12.3 Å². The van der Waals surface area contributed by atoms with E-state index in [1.54, 1.807) is 6.07 Å². The molecule has 0 atom stereocenters. The number of nitro groups is 1. The number of hydrogen-bond acceptors (Lipinski definition) is 4. The normalized spacial score (nSPS) is 10.8. The second-order valence-electron chi connectivity index (χ2n) is 4.52. The van der Waals surface area contributed by atoms with Gasteiger partial charge in [-0.05, 0) is 24.8 Å². The van der Waals surface area contributed by atoms with Gasteiger partial charge in [0.1, 0.15) is 6.54 Å². The summed E-state index contributed by atoms with van der Waals surface area (Å²) in [5.74, 6) is -0.610. The summed E-state index contributed by atoms with van der Waals surface area (Å²) in [6.07, 6.45) is 1.28. The van der Waals surface area contributed by atoms with Crippen molar-refractivity contribution in [2.45, 2.75) is 20.4 Å². The van der Waals surface area contributed by atoms with Crippen molar-refractivity contribution < 1.29 is 9.72 Å². The zero-order valence-electron chi connectivity index (χ0n) is 11.3. The SMILES string of the molecule is Cc1cc(C(=O)Cn2cc(Cl)c([N+](=O)[O-])n2)c(C)n1C. The summed E-state index contributed by atoms with van der Waals surface area (Å²) in [6, 6.07) is 1.79. The lowest BCUT2D eigenvalue weighted by molar-refractivity contribution is -0.389. The minimum Gasteiger partial charge on any atom is -0.358 e. The molecule has 0 N–H and O–H groups in total. The van der Waals surface area contributed by atoms with Gasteiger partial charge >= 0.3 is 5.82 Å². The number of hydrogen-bond donors (Lipinski definition) is 0. The van der Waals surface area contributed by atoms with Crippen LogP contribution in [-0.2, 0) is 13.6 Å². The number of halogens is 1. The Kier molecular flexibility index (Phi) is 3.63. The molecule has 0 saturated heterocycles. The van der Waals surface area contributed by atoms with E-state index in [-0.39, 0.29) is 17.4 Å². The van der Waals surface area contributed by atoms with E-state index in [1.807, 2.05) is 25.5 Å². The largest absolute Gasteiger partial charge is 0.408 e. The third-order valence-corrected chi connectivity index (χ3v) is 3.52. The molecule has 0 aliphatic carbocycles. The number of rotatable bonds is 4. The van der Waals surface area contributed by atoms with E-state index < -0.39 is 10.7 Å². The highest BCUT2D eigenvalue weighted by molar-refractivity contribution is 6.32. The van der Waals surface area contributed by atoms with Crippen molar-refractivity contribution in [1.29, 1.82) is 0 Å². The number of ketones is 1. The predicted octanol–water partition coefficient (Wildman–Crippen LogP) is 2.28. The molecule has 106 valence electrons. The van der Waals surface area contributed by atoms with E-state index in [0.717, 1.165) is 11.4 Å². The second-order valence-corrected chi connectivity index (χ2v) is 4.93. The fourth-order valence-electron chi connectivity index (χ4n) is 1.96. The molecule has 2 aromatic heterocycles. The van der Waals surface area contributed by atoms with Gasteiger partial charge in [-0.25, -0.2) is 0 Å². The Hall–Kier alpha value is -2.15. The lowest BCUT2D eigenvalue weighted by Crippen LogP contribution is -2.12. The number of aromatic nitrogens is 3. The Balaban J connectivity index is 2.26. The molecular weight excluding hydrogens is 284 g/mol. The summed E-state index contributed by atoms with van der Waals surface area (Å²) >= 11 is 5.69. The smallest absolute Gasteiger partial charge is 0.358 e. The lowest BCUT2D eigenvalue weighted by atomic mass is 10.1. The number of aryl methyl sites for hydroxylation is 1. The Morgan fingerprint density at radius 3 is 2.60 bits per heavy atom. The topological polar surface area (TPSA) is 83.0 Å². The molecular formula is C12H13ClN4O3. The Morgan fingerprint density at radius 2 is 2.15 bits per heavy atom. The molecule has 0 aliphatic heterocycles. The Morgan fingerprint density at radius 1 is 1.50 bits per heavy atom. The third kappa shape index (κ3) is 2.44. The van der Waals surface area contributed by atoms with E-state index in [4.69, 9.17) is 11.6 Å². The molecule has 2 aromatic rings. The van der Waals surface area contributed by atoms with Gasteiger partial charge in [0.2, 0.25) is 0 Å². The first-order valence-electron chi connectivity index (χ1n) is 5.84. The number of Topliss-reactive ketones (excluding diaryl/α,β-unsaturated/α-hetero) is 1. The van der Waals surface area contributed by atoms with Crippen molar-refractivity contribution in [2.75, 3.05) is 0 Å². The molecule has 0 unspecified atom stereocenters. The van der Waals surface area contributed by atoms with Gasteiger partial charge in [0.25, 0.3) is 0 Å². The second kappa shape index (κ2) is 5.09. The van der Waals surface area contributed by atoms with Gasteiger partial charge in [0.15, 0.2) is 10.8 Å². The fourth-order valence-corrected chi connectivity index (χ4v) is 2.18. The zero-order valence-corrected chi connectivity index (χ0v) is 12.0. The van der Waals surface area contributed by atoms with Gasteiger partial charge < -0.3 is 14.7 Å². The van der Waals surface area contributed by atoms with Crippen LogP contribution in [0.2, 0.25) is 5.02 Å². The van der Waals surface area contributed by atoms with Gasteiger partial charge in [-0.1, -0.05) is 11.6 Å². The summed E-state index contributed by atoms with van der Waals surface area (Å²) in [5.41, 5.74) is 2.40. The molecule has 0 fully saturated rings. The summed E-state index contributed by atoms with van der Waals surface area (Å²) in [5, 5.41) is 14.3. The molecule has 20 heavy (non-hydrogen) atoms. The maximum absolute atomic E-state index is 12.2. The van der Waals surface area contributed by atoms with E-state index in [9.17, 15) is 14.9 Å². The third-order valence-electron chi connectivity index (χ3n) is 3.25. The zero-order chi connectivity index (χ0) is 15.0. The fraction of sp³-hybridized carbons (Fsp3) is 0.333. The minimum absolute atomic E-state index is 0.0798. The Bertz CT molecular complexity index is 702. The molecule has 0 spiro atoms. The van der Waals surface area contributed by atoms with Crippen LogP contribution >= 0.6 is 11.6 Å². The molecule has 0 radical (unpaired) electrons. The molecule has 2 rings (SSSR count). The van der Waals surface area contributed by atoms with Crippen LogP contribution in [-0.4, -0.2) is 25.1 Å². The molecule has 0 amide bonds. The first-order chi connectivity index (χ1) is 9.31. The first-order valence-corrected chi connectivity index (χ1v) is 6.22. The van der Waals surface area contributed by atoms with E-state index in [0.29, 0.717) is 5.56 Å². The predicted molar refractivity (Wildman–Crippen MR) is 73.1 cm³/mol. The number of carbonyl (C=O) groups is 1. The van der Waals surface area contributed by atoms with Crippen LogP contribution in [0, 0.1) is 24.0 Å². The van der Waals surface area contributed by atoms with Crippen molar-refractivity contribution in [3.63, 3.8) is 0 Å². The van der Waals surface area contributed by atoms with Crippen molar-refractivity contribution >= 4 is 23.2 Å². The van der Waals surface area contributed by atoms with Crippen molar-refractivity contribution in [1.82, 2.24) is 14.3 Å². The van der Waals surface area contributed by atoms with Crippen LogP contribution in [0.25, 0.3) is 0 Å². The first kappa shape index (κ1) is 14.3. The highest BCUT2D eigenvalue weighted by Gasteiger charge is 2.22. The maximum atomic E-state index is 12.2. The summed E-state index contributed by atoms with van der Waals surface area (Å²) in [7, 11) is 1.87. The minimum atomic E-state index is -0.679. The highest BCUT2D eigenvalue weighted by atomic mass is 35.5. The molecule has 7 nitrogen and oxygen atoms in total. The van der Waals surface area contributed by atoms with Gasteiger partial charge in [-0.15, -0.1) is 0 Å². The van der Waals surface area contributed by atoms with Gasteiger partial charge in [-0.3, -0.25) is 4.79 Å². The van der Waals surface area contributed by atoms with E-state index in [1.165, 1.54) is 10.9 Å². The van der Waals surface area contributed by atoms with E-state index >= 15 is 0 Å². The molecule has 2 heterocycles.